The Labute approximate surface area is 170 Å². The van der Waals surface area contributed by atoms with E-state index in [1.807, 2.05) is 6.92 Å². The maximum Gasteiger partial charge on any atom is 0.224 e. The highest BCUT2D eigenvalue weighted by atomic mass is 16.5. The Hall–Kier alpha value is -0.690. The summed E-state index contributed by atoms with van der Waals surface area (Å²) in [6.07, 6.45) is 3.96. The van der Waals surface area contributed by atoms with Gasteiger partial charge in [-0.25, -0.2) is 0 Å². The van der Waals surface area contributed by atoms with Crippen LogP contribution in [0.2, 0.25) is 0 Å². The highest BCUT2D eigenvalue weighted by Gasteiger charge is 2.41. The van der Waals surface area contributed by atoms with Crippen molar-refractivity contribution in [1.82, 2.24) is 15.5 Å². The van der Waals surface area contributed by atoms with Crippen LogP contribution < -0.4 is 10.6 Å². The molecule has 0 bridgehead atoms. The Kier molecular flexibility index (Phi) is 7.40. The minimum Gasteiger partial charge on any atom is -0.378 e. The molecular formula is C22H41N3O3. The summed E-state index contributed by atoms with van der Waals surface area (Å²) in [5.74, 6) is 2.83. The van der Waals surface area contributed by atoms with Crippen LogP contribution in [0.4, 0.5) is 0 Å². The van der Waals surface area contributed by atoms with Crippen LogP contribution in [0.25, 0.3) is 0 Å². The number of nitrogens with zero attached hydrogens (tertiary/aromatic N) is 1. The number of rotatable bonds is 6. The molecule has 3 aliphatic heterocycles. The Morgan fingerprint density at radius 2 is 1.79 bits per heavy atom. The summed E-state index contributed by atoms with van der Waals surface area (Å²) >= 11 is 0. The molecule has 3 rings (SSSR count). The molecule has 0 saturated carbocycles. The van der Waals surface area contributed by atoms with Gasteiger partial charge in [0.05, 0.1) is 0 Å². The number of nitrogens with one attached hydrogen (secondary N) is 2. The van der Waals surface area contributed by atoms with Gasteiger partial charge in [-0.05, 0) is 49.4 Å². The normalized spacial score (nSPS) is 37.4. The van der Waals surface area contributed by atoms with Gasteiger partial charge in [0.25, 0.3) is 0 Å². The zero-order valence-corrected chi connectivity index (χ0v) is 18.4. The zero-order chi connectivity index (χ0) is 20.4. The van der Waals surface area contributed by atoms with Crippen molar-refractivity contribution in [3.8, 4) is 0 Å². The van der Waals surface area contributed by atoms with Crippen molar-refractivity contribution >= 4 is 5.91 Å². The predicted octanol–water partition coefficient (Wildman–Crippen LogP) is 2.52. The first-order valence-electron chi connectivity index (χ1n) is 11.4. The predicted molar refractivity (Wildman–Crippen MR) is 110 cm³/mol. The summed E-state index contributed by atoms with van der Waals surface area (Å²) in [6, 6.07) is 0.177. The van der Waals surface area contributed by atoms with Gasteiger partial charge in [0.15, 0.2) is 0 Å². The number of carbonyl (C=O) groups is 1. The van der Waals surface area contributed by atoms with Crippen molar-refractivity contribution in [3.63, 3.8) is 0 Å². The van der Waals surface area contributed by atoms with Crippen molar-refractivity contribution in [2.24, 2.45) is 29.6 Å². The summed E-state index contributed by atoms with van der Waals surface area (Å²) in [6.45, 7) is 12.9. The van der Waals surface area contributed by atoms with Crippen molar-refractivity contribution in [2.75, 3.05) is 13.1 Å². The third-order valence-corrected chi connectivity index (χ3v) is 7.25. The molecule has 3 heterocycles. The average Bonchev–Trinajstić information content (AvgIpc) is 3.18. The number of hydrogen-bond acceptors (Lipinski definition) is 5. The van der Waals surface area contributed by atoms with Gasteiger partial charge < -0.3 is 14.7 Å². The van der Waals surface area contributed by atoms with Gasteiger partial charge in [0.1, 0.15) is 18.7 Å². The fourth-order valence-corrected chi connectivity index (χ4v) is 5.10. The zero-order valence-electron chi connectivity index (χ0n) is 18.4. The monoisotopic (exact) mass is 395 g/mol. The van der Waals surface area contributed by atoms with Gasteiger partial charge in [0.2, 0.25) is 5.91 Å². The molecular weight excluding hydrogens is 354 g/mol. The summed E-state index contributed by atoms with van der Waals surface area (Å²) < 4.78 is 6.28. The van der Waals surface area contributed by atoms with E-state index in [1.165, 1.54) is 0 Å². The van der Waals surface area contributed by atoms with Gasteiger partial charge in [-0.2, -0.15) is 0 Å². The number of aliphatic hydroxyl groups excluding tert-OH is 1. The van der Waals surface area contributed by atoms with Crippen LogP contribution in [0.1, 0.15) is 66.7 Å². The second-order valence-corrected chi connectivity index (χ2v) is 10.0. The smallest absolute Gasteiger partial charge is 0.224 e. The Balaban J connectivity index is 1.50. The molecule has 1 amide bonds. The molecule has 0 aromatic rings. The van der Waals surface area contributed by atoms with E-state index < -0.39 is 6.23 Å². The molecule has 28 heavy (non-hydrogen) atoms. The van der Waals surface area contributed by atoms with Crippen molar-refractivity contribution in [3.05, 3.63) is 0 Å². The molecule has 6 heteroatoms. The molecule has 0 spiro atoms. The standard InChI is InChI=1S/C22H41N3O3/c1-13(2)16-6-8-25(9-7-16)20(26)12-17-11-18(14(3)4)22(23-17)28-19-10-15(5)21(27)24-19/h13-19,21-24,27H,6-12H2,1-5H3/t15-,17?,18?,19?,21?,22?/m0/s1. The van der Waals surface area contributed by atoms with Gasteiger partial charge in [-0.15, -0.1) is 0 Å². The molecule has 0 aromatic heterocycles. The summed E-state index contributed by atoms with van der Waals surface area (Å²) in [5, 5.41) is 16.6. The second kappa shape index (κ2) is 9.41. The van der Waals surface area contributed by atoms with Gasteiger partial charge in [0, 0.05) is 31.5 Å². The molecule has 3 N–H and O–H groups in total. The van der Waals surface area contributed by atoms with Gasteiger partial charge in [-0.1, -0.05) is 34.6 Å². The van der Waals surface area contributed by atoms with E-state index in [1.54, 1.807) is 0 Å². The highest BCUT2D eigenvalue weighted by molar-refractivity contribution is 5.77. The van der Waals surface area contributed by atoms with E-state index in [4.69, 9.17) is 4.74 Å². The van der Waals surface area contributed by atoms with E-state index in [0.717, 1.165) is 44.7 Å². The first kappa shape index (κ1) is 22.0. The number of aliphatic hydroxyl groups is 1. The van der Waals surface area contributed by atoms with Crippen molar-refractivity contribution < 1.29 is 14.6 Å². The first-order chi connectivity index (χ1) is 13.2. The highest BCUT2D eigenvalue weighted by Crippen LogP contribution is 2.33. The summed E-state index contributed by atoms with van der Waals surface area (Å²) in [7, 11) is 0. The molecule has 5 unspecified atom stereocenters. The van der Waals surface area contributed by atoms with E-state index in [0.29, 0.717) is 24.2 Å². The van der Waals surface area contributed by atoms with E-state index in [-0.39, 0.29) is 30.3 Å². The lowest BCUT2D eigenvalue weighted by Crippen LogP contribution is -2.44. The second-order valence-electron chi connectivity index (χ2n) is 10.0. The first-order valence-corrected chi connectivity index (χ1v) is 11.4. The minimum atomic E-state index is -0.491. The van der Waals surface area contributed by atoms with E-state index in [9.17, 15) is 9.90 Å². The van der Waals surface area contributed by atoms with Crippen LogP contribution in [-0.4, -0.2) is 53.7 Å². The number of amides is 1. The minimum absolute atomic E-state index is 0.0560. The Morgan fingerprint density at radius 3 is 2.32 bits per heavy atom. The number of hydrogen-bond donors (Lipinski definition) is 3. The lowest BCUT2D eigenvalue weighted by Gasteiger charge is -2.34. The van der Waals surface area contributed by atoms with Crippen molar-refractivity contribution in [1.29, 1.82) is 0 Å². The number of likely N-dealkylation sites (tertiary alicyclic amines) is 1. The Morgan fingerprint density at radius 1 is 1.11 bits per heavy atom. The van der Waals surface area contributed by atoms with E-state index in [2.05, 4.69) is 43.2 Å². The van der Waals surface area contributed by atoms with Crippen LogP contribution >= 0.6 is 0 Å². The van der Waals surface area contributed by atoms with Gasteiger partial charge >= 0.3 is 0 Å². The molecule has 6 atom stereocenters. The van der Waals surface area contributed by atoms with Gasteiger partial charge in [-0.3, -0.25) is 15.4 Å². The fraction of sp³-hybridized carbons (Fsp3) is 0.955. The third kappa shape index (κ3) is 5.26. The van der Waals surface area contributed by atoms with Crippen LogP contribution in [0.5, 0.6) is 0 Å². The maximum absolute atomic E-state index is 12.8. The van der Waals surface area contributed by atoms with Crippen LogP contribution in [0.15, 0.2) is 0 Å². The molecule has 0 aliphatic carbocycles. The Bertz CT molecular complexity index is 509. The average molecular weight is 396 g/mol. The number of ether oxygens (including phenoxy) is 1. The van der Waals surface area contributed by atoms with Crippen LogP contribution in [0.3, 0.4) is 0 Å². The topological polar surface area (TPSA) is 73.8 Å². The lowest BCUT2D eigenvalue weighted by molar-refractivity contribution is -0.133. The number of piperidine rings is 1. The van der Waals surface area contributed by atoms with Crippen LogP contribution in [-0.2, 0) is 9.53 Å². The molecule has 0 radical (unpaired) electrons. The lowest BCUT2D eigenvalue weighted by atomic mass is 9.86. The van der Waals surface area contributed by atoms with E-state index >= 15 is 0 Å². The number of carbonyl (C=O) groups excluding carboxylic acids is 1. The fourth-order valence-electron chi connectivity index (χ4n) is 5.10. The maximum atomic E-state index is 12.8. The molecule has 162 valence electrons. The van der Waals surface area contributed by atoms with Crippen molar-refractivity contribution in [2.45, 2.75) is 91.4 Å². The quantitative estimate of drug-likeness (QED) is 0.644. The molecule has 3 fully saturated rings. The summed E-state index contributed by atoms with van der Waals surface area (Å²) in [4.78, 5) is 14.9. The third-order valence-electron chi connectivity index (χ3n) is 7.25. The largest absolute Gasteiger partial charge is 0.378 e. The SMILES string of the molecule is CC(C)C1CCN(C(=O)CC2CC(C(C)C)C(OC3C[C@H](C)C(O)N3)N2)CC1. The van der Waals surface area contributed by atoms with Crippen LogP contribution in [0, 0.1) is 29.6 Å². The molecule has 3 saturated heterocycles. The summed E-state index contributed by atoms with van der Waals surface area (Å²) in [5.41, 5.74) is 0. The molecule has 0 aromatic carbocycles. The molecule has 6 nitrogen and oxygen atoms in total. The molecule has 3 aliphatic rings.